The monoisotopic (exact) mass is 210 g/mol. The van der Waals surface area contributed by atoms with E-state index in [1.165, 1.54) is 0 Å². The lowest BCUT2D eigenvalue weighted by Crippen LogP contribution is -2.27. The Morgan fingerprint density at radius 1 is 1.47 bits per heavy atom. The van der Waals surface area contributed by atoms with Crippen molar-refractivity contribution >= 4 is 11.5 Å². The number of rotatable bonds is 1. The fourth-order valence-corrected chi connectivity index (χ4v) is 2.13. The number of aliphatic hydroxyl groups excluding tert-OH is 1. The zero-order valence-electron chi connectivity index (χ0n) is 9.06. The van der Waals surface area contributed by atoms with Crippen LogP contribution in [0.5, 0.6) is 0 Å². The number of nitrogen functional groups attached to an aromatic ring is 1. The van der Waals surface area contributed by atoms with Gasteiger partial charge < -0.3 is 15.7 Å². The summed E-state index contributed by atoms with van der Waals surface area (Å²) in [7, 11) is 1.90. The van der Waals surface area contributed by atoms with E-state index < -0.39 is 0 Å². The van der Waals surface area contributed by atoms with Gasteiger partial charge in [0, 0.05) is 20.1 Å². The first-order valence-electron chi connectivity index (χ1n) is 5.39. The Balaban J connectivity index is 2.16. The first-order valence-corrected chi connectivity index (χ1v) is 5.39. The maximum Gasteiger partial charge on any atom is 0.150 e. The van der Waals surface area contributed by atoms with Crippen LogP contribution in [0.15, 0.2) is 6.20 Å². The van der Waals surface area contributed by atoms with Crippen LogP contribution in [0.25, 0.3) is 0 Å². The Bertz CT molecular complexity index is 317. The topological polar surface area (TPSA) is 67.3 Å². The van der Waals surface area contributed by atoms with Crippen LogP contribution >= 0.6 is 0 Å². The summed E-state index contributed by atoms with van der Waals surface area (Å²) >= 11 is 0. The number of aliphatic hydroxyl groups is 1. The van der Waals surface area contributed by atoms with Crippen molar-refractivity contribution in [3.63, 3.8) is 0 Å². The van der Waals surface area contributed by atoms with Crippen molar-refractivity contribution in [3.05, 3.63) is 6.20 Å². The van der Waals surface area contributed by atoms with Gasteiger partial charge in [-0.3, -0.25) is 4.68 Å². The van der Waals surface area contributed by atoms with Gasteiger partial charge in [-0.05, 0) is 19.3 Å². The highest BCUT2D eigenvalue weighted by molar-refractivity contribution is 5.62. The van der Waals surface area contributed by atoms with Crippen molar-refractivity contribution in [2.75, 3.05) is 23.7 Å². The van der Waals surface area contributed by atoms with E-state index in [1.54, 1.807) is 10.9 Å². The van der Waals surface area contributed by atoms with Gasteiger partial charge in [-0.15, -0.1) is 0 Å². The van der Waals surface area contributed by atoms with E-state index in [4.69, 9.17) is 5.73 Å². The molecule has 1 aromatic heterocycles. The average molecular weight is 210 g/mol. The molecule has 1 fully saturated rings. The summed E-state index contributed by atoms with van der Waals surface area (Å²) in [5.41, 5.74) is 6.59. The minimum atomic E-state index is -0.163. The van der Waals surface area contributed by atoms with Crippen LogP contribution in [0.3, 0.4) is 0 Å². The molecule has 0 bridgehead atoms. The number of aromatic nitrogens is 2. The average Bonchev–Trinajstić information content (AvgIpc) is 2.41. The number of hydrogen-bond acceptors (Lipinski definition) is 4. The molecular weight excluding hydrogens is 192 g/mol. The van der Waals surface area contributed by atoms with E-state index in [0.717, 1.165) is 38.2 Å². The van der Waals surface area contributed by atoms with Gasteiger partial charge in [-0.2, -0.15) is 5.10 Å². The predicted molar refractivity (Wildman–Crippen MR) is 59.7 cm³/mol. The summed E-state index contributed by atoms with van der Waals surface area (Å²) in [6.07, 6.45) is 4.21. The van der Waals surface area contributed by atoms with Crippen LogP contribution in [0.2, 0.25) is 0 Å². The van der Waals surface area contributed by atoms with Gasteiger partial charge >= 0.3 is 0 Å². The summed E-state index contributed by atoms with van der Waals surface area (Å²) in [6.45, 7) is 1.80. The number of hydrogen-bond donors (Lipinski definition) is 2. The van der Waals surface area contributed by atoms with E-state index >= 15 is 0 Å². The molecule has 0 spiro atoms. The SMILES string of the molecule is Cn1ncc(N)c1N1CCCC(O)CC1. The van der Waals surface area contributed by atoms with Gasteiger partial charge in [0.05, 0.1) is 18.0 Å². The van der Waals surface area contributed by atoms with Crippen LogP contribution < -0.4 is 10.6 Å². The molecule has 1 aliphatic rings. The molecule has 0 amide bonds. The summed E-state index contributed by atoms with van der Waals surface area (Å²) in [6, 6.07) is 0. The van der Waals surface area contributed by atoms with E-state index in [9.17, 15) is 5.11 Å². The van der Waals surface area contributed by atoms with Crippen LogP contribution in [-0.2, 0) is 7.05 Å². The number of aryl methyl sites for hydroxylation is 1. The van der Waals surface area contributed by atoms with Crippen molar-refractivity contribution in [1.82, 2.24) is 9.78 Å². The third kappa shape index (κ3) is 2.07. The molecular formula is C10H18N4O. The highest BCUT2D eigenvalue weighted by atomic mass is 16.3. The molecule has 1 aliphatic heterocycles. The highest BCUT2D eigenvalue weighted by Crippen LogP contribution is 2.24. The fraction of sp³-hybridized carbons (Fsp3) is 0.700. The molecule has 1 unspecified atom stereocenters. The molecule has 1 aromatic rings. The molecule has 5 heteroatoms. The third-order valence-corrected chi connectivity index (χ3v) is 2.93. The smallest absolute Gasteiger partial charge is 0.150 e. The predicted octanol–water partition coefficient (Wildman–Crippen LogP) is 0.353. The Morgan fingerprint density at radius 2 is 2.27 bits per heavy atom. The molecule has 0 aliphatic carbocycles. The van der Waals surface area contributed by atoms with Crippen LogP contribution in [-0.4, -0.2) is 34.1 Å². The molecule has 0 saturated carbocycles. The maximum absolute atomic E-state index is 9.56. The highest BCUT2D eigenvalue weighted by Gasteiger charge is 2.19. The Kier molecular flexibility index (Phi) is 2.81. The molecule has 0 radical (unpaired) electrons. The maximum atomic E-state index is 9.56. The zero-order valence-corrected chi connectivity index (χ0v) is 9.06. The van der Waals surface area contributed by atoms with Crippen molar-refractivity contribution in [2.24, 2.45) is 7.05 Å². The minimum Gasteiger partial charge on any atom is -0.394 e. The molecule has 2 heterocycles. The van der Waals surface area contributed by atoms with Gasteiger partial charge in [0.15, 0.2) is 0 Å². The lowest BCUT2D eigenvalue weighted by molar-refractivity contribution is 0.161. The summed E-state index contributed by atoms with van der Waals surface area (Å²) in [4.78, 5) is 2.21. The fourth-order valence-electron chi connectivity index (χ4n) is 2.13. The minimum absolute atomic E-state index is 0.163. The first-order chi connectivity index (χ1) is 7.18. The van der Waals surface area contributed by atoms with Crippen LogP contribution in [0.4, 0.5) is 11.5 Å². The lowest BCUT2D eigenvalue weighted by Gasteiger charge is -2.22. The standard InChI is InChI=1S/C10H18N4O/c1-13-10(9(11)7-12-13)14-5-2-3-8(15)4-6-14/h7-8,15H,2-6,11H2,1H3. The van der Waals surface area contributed by atoms with Gasteiger partial charge in [-0.25, -0.2) is 0 Å². The number of anilines is 2. The molecule has 1 saturated heterocycles. The Morgan fingerprint density at radius 3 is 2.93 bits per heavy atom. The van der Waals surface area contributed by atoms with Crippen LogP contribution in [0.1, 0.15) is 19.3 Å². The molecule has 2 rings (SSSR count). The second kappa shape index (κ2) is 4.10. The van der Waals surface area contributed by atoms with E-state index in [-0.39, 0.29) is 6.10 Å². The van der Waals surface area contributed by atoms with E-state index in [2.05, 4.69) is 10.00 Å². The number of nitrogens with zero attached hydrogens (tertiary/aromatic N) is 3. The molecule has 84 valence electrons. The number of nitrogens with two attached hydrogens (primary N) is 1. The van der Waals surface area contributed by atoms with Gasteiger partial charge in [-0.1, -0.05) is 0 Å². The molecule has 0 aromatic carbocycles. The van der Waals surface area contributed by atoms with Crippen LogP contribution in [0, 0.1) is 0 Å². The largest absolute Gasteiger partial charge is 0.394 e. The normalized spacial score (nSPS) is 22.8. The van der Waals surface area contributed by atoms with Gasteiger partial charge in [0.2, 0.25) is 0 Å². The van der Waals surface area contributed by atoms with Crippen molar-refractivity contribution in [1.29, 1.82) is 0 Å². The molecule has 5 nitrogen and oxygen atoms in total. The zero-order chi connectivity index (χ0) is 10.8. The van der Waals surface area contributed by atoms with Gasteiger partial charge in [0.1, 0.15) is 5.82 Å². The molecule has 1 atom stereocenters. The third-order valence-electron chi connectivity index (χ3n) is 2.93. The molecule has 3 N–H and O–H groups in total. The molecule has 15 heavy (non-hydrogen) atoms. The second-order valence-corrected chi connectivity index (χ2v) is 4.12. The van der Waals surface area contributed by atoms with Crippen molar-refractivity contribution in [2.45, 2.75) is 25.4 Å². The second-order valence-electron chi connectivity index (χ2n) is 4.12. The summed E-state index contributed by atoms with van der Waals surface area (Å²) < 4.78 is 1.80. The lowest BCUT2D eigenvalue weighted by atomic mass is 10.2. The van der Waals surface area contributed by atoms with Crippen molar-refractivity contribution < 1.29 is 5.11 Å². The quantitative estimate of drug-likeness (QED) is 0.702. The summed E-state index contributed by atoms with van der Waals surface area (Å²) in [5, 5.41) is 13.7. The summed E-state index contributed by atoms with van der Waals surface area (Å²) in [5.74, 6) is 0.976. The Labute approximate surface area is 89.5 Å². The first kappa shape index (κ1) is 10.3. The Hall–Kier alpha value is -1.23. The van der Waals surface area contributed by atoms with Gasteiger partial charge in [0.25, 0.3) is 0 Å². The van der Waals surface area contributed by atoms with E-state index in [1.807, 2.05) is 7.05 Å². The van der Waals surface area contributed by atoms with Crippen molar-refractivity contribution in [3.8, 4) is 0 Å². The van der Waals surface area contributed by atoms with E-state index in [0.29, 0.717) is 5.69 Å².